The Bertz CT molecular complexity index is 888. The van der Waals surface area contributed by atoms with E-state index >= 15 is 0 Å². The molecule has 1 aliphatic rings. The standard InChI is InChI=1S/C15H15NS.C11H19NS/c1-2-6-13(17)11-16-15-10-5-8-12-7-3-4-9-14(12)15;1-9(8-10(2)13)12-11-6-4-3-5-7-11/h2-10,16H,11H2,1H3;8,11-12H,3-7H2,1-2H3/b6-2+;9-8-. The van der Waals surface area contributed by atoms with Gasteiger partial charge in [-0.2, -0.15) is 0 Å². The molecule has 1 aliphatic carbocycles. The van der Waals surface area contributed by atoms with Crippen LogP contribution in [0.4, 0.5) is 5.69 Å². The molecule has 0 atom stereocenters. The van der Waals surface area contributed by atoms with E-state index in [1.54, 1.807) is 0 Å². The van der Waals surface area contributed by atoms with Crippen molar-refractivity contribution >= 4 is 50.6 Å². The Morgan fingerprint density at radius 1 is 1.00 bits per heavy atom. The average molecular weight is 439 g/mol. The highest BCUT2D eigenvalue weighted by Gasteiger charge is 2.12. The van der Waals surface area contributed by atoms with Crippen molar-refractivity contribution in [1.82, 2.24) is 5.32 Å². The van der Waals surface area contributed by atoms with E-state index in [2.05, 4.69) is 60.0 Å². The minimum Gasteiger partial charge on any atom is -0.386 e. The highest BCUT2D eigenvalue weighted by atomic mass is 32.1. The lowest BCUT2D eigenvalue weighted by Crippen LogP contribution is -2.29. The highest BCUT2D eigenvalue weighted by molar-refractivity contribution is 7.81. The van der Waals surface area contributed by atoms with Crippen LogP contribution < -0.4 is 10.6 Å². The number of allylic oxidation sites excluding steroid dienone is 3. The van der Waals surface area contributed by atoms with E-state index in [0.717, 1.165) is 15.4 Å². The van der Waals surface area contributed by atoms with Gasteiger partial charge in [0.1, 0.15) is 0 Å². The highest BCUT2D eigenvalue weighted by Crippen LogP contribution is 2.22. The molecule has 30 heavy (non-hydrogen) atoms. The number of nitrogens with one attached hydrogen (secondary N) is 2. The van der Waals surface area contributed by atoms with Gasteiger partial charge in [0.25, 0.3) is 0 Å². The molecule has 0 radical (unpaired) electrons. The fraction of sp³-hybridized carbons (Fsp3) is 0.385. The Morgan fingerprint density at radius 3 is 2.40 bits per heavy atom. The molecule has 1 saturated carbocycles. The number of benzene rings is 2. The van der Waals surface area contributed by atoms with Crippen LogP contribution in [-0.2, 0) is 0 Å². The number of hydrogen-bond donors (Lipinski definition) is 2. The monoisotopic (exact) mass is 438 g/mol. The van der Waals surface area contributed by atoms with Crippen LogP contribution in [0.15, 0.2) is 66.4 Å². The summed E-state index contributed by atoms with van der Waals surface area (Å²) in [6.45, 7) is 6.74. The molecule has 0 aliphatic heterocycles. The summed E-state index contributed by atoms with van der Waals surface area (Å²) in [5.74, 6) is 0. The van der Waals surface area contributed by atoms with Crippen molar-refractivity contribution in [2.75, 3.05) is 11.9 Å². The van der Waals surface area contributed by atoms with E-state index in [1.165, 1.54) is 48.6 Å². The molecule has 3 rings (SSSR count). The largest absolute Gasteiger partial charge is 0.386 e. The molecule has 0 unspecified atom stereocenters. The van der Waals surface area contributed by atoms with Crippen LogP contribution in [0.5, 0.6) is 0 Å². The number of thiocarbonyl (C=S) groups is 2. The third-order valence-corrected chi connectivity index (χ3v) is 5.45. The van der Waals surface area contributed by atoms with Gasteiger partial charge < -0.3 is 10.6 Å². The third-order valence-electron chi connectivity index (χ3n) is 5.05. The zero-order valence-electron chi connectivity index (χ0n) is 18.4. The first-order chi connectivity index (χ1) is 14.5. The van der Waals surface area contributed by atoms with Gasteiger partial charge in [-0.1, -0.05) is 92.2 Å². The molecule has 0 amide bonds. The fourth-order valence-corrected chi connectivity index (χ4v) is 4.11. The molecular weight excluding hydrogens is 404 g/mol. The van der Waals surface area contributed by atoms with Crippen LogP contribution in [0.25, 0.3) is 10.8 Å². The first-order valence-electron chi connectivity index (χ1n) is 10.8. The van der Waals surface area contributed by atoms with Gasteiger partial charge in [-0.25, -0.2) is 0 Å². The number of hydrogen-bond acceptors (Lipinski definition) is 4. The van der Waals surface area contributed by atoms with Gasteiger partial charge in [0.15, 0.2) is 0 Å². The molecule has 2 aromatic rings. The summed E-state index contributed by atoms with van der Waals surface area (Å²) < 4.78 is 0. The van der Waals surface area contributed by atoms with Crippen molar-refractivity contribution in [2.24, 2.45) is 0 Å². The quantitative estimate of drug-likeness (QED) is 0.347. The number of anilines is 1. The minimum absolute atomic E-state index is 0.694. The van der Waals surface area contributed by atoms with Gasteiger partial charge >= 0.3 is 0 Å². The second-order valence-electron chi connectivity index (χ2n) is 7.76. The third kappa shape index (κ3) is 8.76. The van der Waals surface area contributed by atoms with Gasteiger partial charge in [0, 0.05) is 32.5 Å². The lowest BCUT2D eigenvalue weighted by molar-refractivity contribution is 0.397. The Balaban J connectivity index is 0.000000222. The fourth-order valence-electron chi connectivity index (χ4n) is 3.72. The topological polar surface area (TPSA) is 24.1 Å². The van der Waals surface area contributed by atoms with Crippen LogP contribution in [0.2, 0.25) is 0 Å². The van der Waals surface area contributed by atoms with Gasteiger partial charge in [0.2, 0.25) is 0 Å². The van der Waals surface area contributed by atoms with Gasteiger partial charge in [0.05, 0.1) is 6.54 Å². The van der Waals surface area contributed by atoms with Crippen molar-refractivity contribution in [2.45, 2.75) is 58.9 Å². The Hall–Kier alpha value is -2.04. The molecule has 0 heterocycles. The van der Waals surface area contributed by atoms with Crippen molar-refractivity contribution in [3.05, 3.63) is 66.4 Å². The lowest BCUT2D eigenvalue weighted by atomic mass is 9.95. The molecule has 2 N–H and O–H groups in total. The predicted octanol–water partition coefficient (Wildman–Crippen LogP) is 7.40. The van der Waals surface area contributed by atoms with E-state index in [4.69, 9.17) is 24.4 Å². The second-order valence-corrected chi connectivity index (χ2v) is 8.93. The van der Waals surface area contributed by atoms with E-state index in [-0.39, 0.29) is 0 Å². The molecule has 0 aromatic heterocycles. The first kappa shape index (κ1) is 24.2. The summed E-state index contributed by atoms with van der Waals surface area (Å²) in [7, 11) is 0. The molecule has 160 valence electrons. The molecule has 0 saturated heterocycles. The molecule has 0 spiro atoms. The van der Waals surface area contributed by atoms with Crippen LogP contribution in [-0.4, -0.2) is 22.3 Å². The molecule has 2 aromatic carbocycles. The summed E-state index contributed by atoms with van der Waals surface area (Å²) in [5.41, 5.74) is 2.36. The number of fused-ring (bicyclic) bond motifs is 1. The summed E-state index contributed by atoms with van der Waals surface area (Å²) in [6, 6.07) is 15.3. The summed E-state index contributed by atoms with van der Waals surface area (Å²) in [4.78, 5) is 1.88. The first-order valence-corrected chi connectivity index (χ1v) is 11.6. The maximum atomic E-state index is 5.23. The van der Waals surface area contributed by atoms with Crippen LogP contribution >= 0.6 is 24.4 Å². The Labute approximate surface area is 192 Å². The summed E-state index contributed by atoms with van der Waals surface area (Å²) >= 11 is 10.2. The normalized spacial score (nSPS) is 14.8. The van der Waals surface area contributed by atoms with Gasteiger partial charge in [-0.15, -0.1) is 0 Å². The maximum Gasteiger partial charge on any atom is 0.0502 e. The van der Waals surface area contributed by atoms with E-state index in [1.807, 2.05) is 32.1 Å². The lowest BCUT2D eigenvalue weighted by Gasteiger charge is -2.24. The van der Waals surface area contributed by atoms with E-state index in [0.29, 0.717) is 12.6 Å². The number of rotatable bonds is 7. The second kappa shape index (κ2) is 13.3. The van der Waals surface area contributed by atoms with E-state index in [9.17, 15) is 0 Å². The predicted molar refractivity (Wildman–Crippen MR) is 142 cm³/mol. The van der Waals surface area contributed by atoms with Crippen molar-refractivity contribution in [3.63, 3.8) is 0 Å². The zero-order chi connectivity index (χ0) is 21.8. The molecule has 1 fully saturated rings. The van der Waals surface area contributed by atoms with Crippen molar-refractivity contribution in [1.29, 1.82) is 0 Å². The summed E-state index contributed by atoms with van der Waals surface area (Å²) in [6.07, 6.45) is 12.8. The smallest absolute Gasteiger partial charge is 0.0502 e. The summed E-state index contributed by atoms with van der Waals surface area (Å²) in [5, 5.41) is 9.38. The van der Waals surface area contributed by atoms with E-state index < -0.39 is 0 Å². The average Bonchev–Trinajstić information content (AvgIpc) is 2.73. The van der Waals surface area contributed by atoms with Crippen molar-refractivity contribution < 1.29 is 0 Å². The SMILES string of the molecule is C/C=C/C(=S)CNc1cccc2ccccc12.CC(=S)/C=C(/C)NC1CCCCC1. The zero-order valence-corrected chi connectivity index (χ0v) is 20.0. The minimum atomic E-state index is 0.694. The van der Waals surface area contributed by atoms with Gasteiger partial charge in [-0.3, -0.25) is 0 Å². The molecule has 2 nitrogen and oxygen atoms in total. The van der Waals surface area contributed by atoms with Crippen LogP contribution in [0, 0.1) is 0 Å². The Kier molecular flexibility index (Phi) is 10.7. The molecular formula is C26H34N2S2. The molecule has 0 bridgehead atoms. The maximum absolute atomic E-state index is 5.23. The van der Waals surface area contributed by atoms with Crippen LogP contribution in [0.1, 0.15) is 52.9 Å². The van der Waals surface area contributed by atoms with Gasteiger partial charge in [-0.05, 0) is 51.1 Å². The Morgan fingerprint density at radius 2 is 1.70 bits per heavy atom. The van der Waals surface area contributed by atoms with Crippen LogP contribution in [0.3, 0.4) is 0 Å². The van der Waals surface area contributed by atoms with Crippen molar-refractivity contribution in [3.8, 4) is 0 Å². The molecule has 4 heteroatoms.